The Kier molecular flexibility index (Phi) is 5.37. The fourth-order valence-corrected chi connectivity index (χ4v) is 4.10. The minimum absolute atomic E-state index is 0.142. The highest BCUT2D eigenvalue weighted by Gasteiger charge is 2.19. The number of nitrogens with zero attached hydrogens (tertiary/aromatic N) is 1. The van der Waals surface area contributed by atoms with Crippen molar-refractivity contribution in [2.75, 3.05) is 23.9 Å². The minimum atomic E-state index is -0.474. The van der Waals surface area contributed by atoms with Crippen molar-refractivity contribution in [2.45, 2.75) is 12.5 Å². The third-order valence-corrected chi connectivity index (χ3v) is 5.48. The molecule has 3 heterocycles. The van der Waals surface area contributed by atoms with Gasteiger partial charge in [-0.3, -0.25) is 4.79 Å². The van der Waals surface area contributed by atoms with E-state index in [9.17, 15) is 9.59 Å². The van der Waals surface area contributed by atoms with Crippen molar-refractivity contribution in [1.82, 2.24) is 4.98 Å². The van der Waals surface area contributed by atoms with E-state index in [1.165, 1.54) is 18.4 Å². The average Bonchev–Trinajstić information content (AvgIpc) is 3.26. The lowest BCUT2D eigenvalue weighted by Gasteiger charge is -2.12. The van der Waals surface area contributed by atoms with Crippen LogP contribution in [0.4, 0.5) is 5.69 Å². The van der Waals surface area contributed by atoms with E-state index in [2.05, 4.69) is 10.3 Å². The third kappa shape index (κ3) is 3.88. The van der Waals surface area contributed by atoms with Crippen LogP contribution in [0.3, 0.4) is 0 Å². The molecule has 6 nitrogen and oxygen atoms in total. The number of rotatable bonds is 5. The zero-order valence-electron chi connectivity index (χ0n) is 13.0. The molecule has 0 aromatic carbocycles. The van der Waals surface area contributed by atoms with Gasteiger partial charge in [0.25, 0.3) is 5.91 Å². The molecule has 0 spiro atoms. The molecule has 0 saturated carbocycles. The van der Waals surface area contributed by atoms with Crippen LogP contribution in [0.2, 0.25) is 0 Å². The van der Waals surface area contributed by atoms with Gasteiger partial charge in [0.05, 0.1) is 12.8 Å². The van der Waals surface area contributed by atoms with Gasteiger partial charge in [0.15, 0.2) is 0 Å². The number of nitrogens with one attached hydrogen (secondary N) is 1. The van der Waals surface area contributed by atoms with Crippen LogP contribution in [-0.2, 0) is 4.74 Å². The van der Waals surface area contributed by atoms with Gasteiger partial charge in [-0.2, -0.15) is 11.8 Å². The number of thiophene rings is 1. The lowest BCUT2D eigenvalue weighted by Crippen LogP contribution is -2.17. The number of pyridine rings is 1. The first-order valence-corrected chi connectivity index (χ1v) is 9.38. The summed E-state index contributed by atoms with van der Waals surface area (Å²) in [7, 11) is 1.31. The van der Waals surface area contributed by atoms with Gasteiger partial charge in [-0.1, -0.05) is 0 Å². The van der Waals surface area contributed by atoms with E-state index in [-0.39, 0.29) is 12.0 Å². The number of anilines is 1. The monoisotopic (exact) mass is 364 g/mol. The summed E-state index contributed by atoms with van der Waals surface area (Å²) in [5.74, 6) is 1.66. The van der Waals surface area contributed by atoms with E-state index < -0.39 is 5.97 Å². The maximum absolute atomic E-state index is 12.4. The zero-order chi connectivity index (χ0) is 16.9. The smallest absolute Gasteiger partial charge is 0.350 e. The summed E-state index contributed by atoms with van der Waals surface area (Å²) in [5, 5.41) is 4.45. The van der Waals surface area contributed by atoms with E-state index in [1.807, 2.05) is 11.8 Å². The number of aromatic nitrogens is 1. The summed E-state index contributed by atoms with van der Waals surface area (Å²) >= 11 is 3.06. The molecule has 1 N–H and O–H groups in total. The van der Waals surface area contributed by atoms with Crippen LogP contribution in [0.15, 0.2) is 29.8 Å². The molecule has 3 rings (SSSR count). The molecule has 1 atom stereocenters. The van der Waals surface area contributed by atoms with Crippen LogP contribution in [0.25, 0.3) is 0 Å². The first kappa shape index (κ1) is 16.8. The normalized spacial score (nSPS) is 16.6. The number of esters is 1. The van der Waals surface area contributed by atoms with Gasteiger partial charge < -0.3 is 14.8 Å². The number of thioether (sulfide) groups is 1. The van der Waals surface area contributed by atoms with E-state index >= 15 is 0 Å². The highest BCUT2D eigenvalue weighted by atomic mass is 32.2. The molecule has 0 aliphatic carbocycles. The van der Waals surface area contributed by atoms with E-state index in [0.29, 0.717) is 22.0 Å². The second kappa shape index (κ2) is 7.67. The van der Waals surface area contributed by atoms with Crippen LogP contribution in [0, 0.1) is 0 Å². The number of hydrogen-bond donors (Lipinski definition) is 1. The average molecular weight is 364 g/mol. The second-order valence-electron chi connectivity index (χ2n) is 5.10. The molecule has 24 heavy (non-hydrogen) atoms. The summed E-state index contributed by atoms with van der Waals surface area (Å²) in [6.07, 6.45) is 2.67. The Morgan fingerprint density at radius 1 is 1.38 bits per heavy atom. The summed E-state index contributed by atoms with van der Waals surface area (Å²) in [6.45, 7) is 0. The molecular weight excluding hydrogens is 348 g/mol. The molecule has 0 radical (unpaired) electrons. The van der Waals surface area contributed by atoms with Gasteiger partial charge in [-0.25, -0.2) is 9.78 Å². The predicted molar refractivity (Wildman–Crippen MR) is 94.2 cm³/mol. The van der Waals surface area contributed by atoms with Gasteiger partial charge in [0.1, 0.15) is 11.0 Å². The Bertz CT molecular complexity index is 741. The first-order chi connectivity index (χ1) is 11.7. The molecular formula is C16H16N2O4S2. The summed E-state index contributed by atoms with van der Waals surface area (Å²) in [6, 6.07) is 4.89. The standard InChI is InChI=1S/C16H16N2O4S2/c1-21-16(20)14-12(4-7-24-14)18-15(19)10-2-5-17-13(8-10)22-11-3-6-23-9-11/h2,4-5,7-8,11H,3,6,9H2,1H3,(H,18,19)/t11-/m1/s1. The Labute approximate surface area is 147 Å². The number of amides is 1. The van der Waals surface area contributed by atoms with Gasteiger partial charge in [-0.05, 0) is 29.7 Å². The summed E-state index contributed by atoms with van der Waals surface area (Å²) < 4.78 is 10.5. The molecule has 1 aliphatic heterocycles. The predicted octanol–water partition coefficient (Wildman–Crippen LogP) is 3.07. The third-order valence-electron chi connectivity index (χ3n) is 3.46. The largest absolute Gasteiger partial charge is 0.473 e. The van der Waals surface area contributed by atoms with E-state index in [0.717, 1.165) is 17.9 Å². The van der Waals surface area contributed by atoms with Crippen molar-refractivity contribution in [3.05, 3.63) is 40.2 Å². The Morgan fingerprint density at radius 3 is 3.00 bits per heavy atom. The topological polar surface area (TPSA) is 77.5 Å². The number of ether oxygens (including phenoxy) is 2. The van der Waals surface area contributed by atoms with E-state index in [4.69, 9.17) is 9.47 Å². The Hall–Kier alpha value is -2.06. The van der Waals surface area contributed by atoms with Crippen LogP contribution < -0.4 is 10.1 Å². The Balaban J connectivity index is 1.71. The first-order valence-electron chi connectivity index (χ1n) is 7.35. The molecule has 2 aromatic heterocycles. The zero-order valence-corrected chi connectivity index (χ0v) is 14.6. The number of methoxy groups -OCH3 is 1. The molecule has 1 saturated heterocycles. The van der Waals surface area contributed by atoms with Crippen molar-refractivity contribution in [3.8, 4) is 5.88 Å². The molecule has 1 fully saturated rings. The molecule has 1 amide bonds. The molecule has 0 unspecified atom stereocenters. The van der Waals surface area contributed by atoms with Crippen LogP contribution in [-0.4, -0.2) is 41.6 Å². The van der Waals surface area contributed by atoms with Crippen molar-refractivity contribution < 1.29 is 19.1 Å². The summed E-state index contributed by atoms with van der Waals surface area (Å²) in [4.78, 5) is 28.6. The van der Waals surface area contributed by atoms with Gasteiger partial charge in [-0.15, -0.1) is 11.3 Å². The number of carbonyl (C=O) groups excluding carboxylic acids is 2. The minimum Gasteiger partial charge on any atom is -0.473 e. The Morgan fingerprint density at radius 2 is 2.25 bits per heavy atom. The lowest BCUT2D eigenvalue weighted by atomic mass is 10.2. The van der Waals surface area contributed by atoms with Gasteiger partial charge in [0.2, 0.25) is 5.88 Å². The number of carbonyl (C=O) groups is 2. The lowest BCUT2D eigenvalue weighted by molar-refractivity contribution is 0.0607. The molecule has 126 valence electrons. The molecule has 8 heteroatoms. The van der Waals surface area contributed by atoms with Gasteiger partial charge in [0, 0.05) is 23.6 Å². The van der Waals surface area contributed by atoms with Crippen molar-refractivity contribution in [1.29, 1.82) is 0 Å². The van der Waals surface area contributed by atoms with Crippen molar-refractivity contribution in [2.24, 2.45) is 0 Å². The number of hydrogen-bond acceptors (Lipinski definition) is 7. The van der Waals surface area contributed by atoms with Crippen LogP contribution in [0.1, 0.15) is 26.5 Å². The van der Waals surface area contributed by atoms with Crippen LogP contribution >= 0.6 is 23.1 Å². The fraction of sp³-hybridized carbons (Fsp3) is 0.312. The maximum atomic E-state index is 12.4. The SMILES string of the molecule is COC(=O)c1sccc1NC(=O)c1ccnc(O[C@@H]2CCSC2)c1. The summed E-state index contributed by atoms with van der Waals surface area (Å²) in [5.41, 5.74) is 0.857. The van der Waals surface area contributed by atoms with Crippen LogP contribution in [0.5, 0.6) is 5.88 Å². The van der Waals surface area contributed by atoms with Crippen molar-refractivity contribution in [3.63, 3.8) is 0 Å². The highest BCUT2D eigenvalue weighted by molar-refractivity contribution is 7.99. The van der Waals surface area contributed by atoms with E-state index in [1.54, 1.807) is 29.8 Å². The molecule has 0 bridgehead atoms. The highest BCUT2D eigenvalue weighted by Crippen LogP contribution is 2.25. The molecule has 1 aliphatic rings. The fourth-order valence-electron chi connectivity index (χ4n) is 2.24. The quantitative estimate of drug-likeness (QED) is 0.822. The second-order valence-corrected chi connectivity index (χ2v) is 7.16. The van der Waals surface area contributed by atoms with Gasteiger partial charge >= 0.3 is 5.97 Å². The van der Waals surface area contributed by atoms with Crippen molar-refractivity contribution >= 4 is 40.7 Å². The molecule has 2 aromatic rings. The maximum Gasteiger partial charge on any atom is 0.350 e.